The van der Waals surface area contributed by atoms with E-state index in [4.69, 9.17) is 10.5 Å². The van der Waals surface area contributed by atoms with Crippen molar-refractivity contribution >= 4 is 29.3 Å². The minimum atomic E-state index is -0.411. The second-order valence-corrected chi connectivity index (χ2v) is 8.75. The molecule has 0 saturated carbocycles. The average Bonchev–Trinajstić information content (AvgIpc) is 3.04. The van der Waals surface area contributed by atoms with Gasteiger partial charge in [-0.3, -0.25) is 0 Å². The number of thiophene rings is 1. The number of ether oxygens (including phenoxy) is 2. The third-order valence-corrected chi connectivity index (χ3v) is 4.78. The van der Waals surface area contributed by atoms with Crippen molar-refractivity contribution in [3.8, 4) is 11.8 Å². The Morgan fingerprint density at radius 1 is 1.24 bits per heavy atom. The lowest BCUT2D eigenvalue weighted by Crippen LogP contribution is -2.23. The largest absolute Gasteiger partial charge is 0.465 e. The number of hydrogen-bond donors (Lipinski definition) is 1. The van der Waals surface area contributed by atoms with Crippen molar-refractivity contribution in [1.82, 2.24) is 4.90 Å². The average molecular weight is 425 g/mol. The number of rotatable bonds is 10. The number of methoxy groups -OCH3 is 2. The van der Waals surface area contributed by atoms with Crippen LogP contribution in [0.15, 0.2) is 6.07 Å². The molecule has 1 aromatic heterocycles. The van der Waals surface area contributed by atoms with Gasteiger partial charge in [0.25, 0.3) is 0 Å². The van der Waals surface area contributed by atoms with Gasteiger partial charge in [0.15, 0.2) is 0 Å². The molecule has 164 valence electrons. The van der Waals surface area contributed by atoms with Crippen LogP contribution in [0.3, 0.4) is 0 Å². The van der Waals surface area contributed by atoms with Crippen LogP contribution in [-0.2, 0) is 14.3 Å². The summed E-state index contributed by atoms with van der Waals surface area (Å²) in [7, 11) is 5.15. The van der Waals surface area contributed by atoms with Gasteiger partial charge < -0.3 is 24.9 Å². The van der Waals surface area contributed by atoms with Crippen molar-refractivity contribution in [2.24, 2.45) is 5.41 Å². The van der Waals surface area contributed by atoms with Crippen molar-refractivity contribution in [3.63, 3.8) is 0 Å². The van der Waals surface area contributed by atoms with Gasteiger partial charge in [0.05, 0.1) is 24.3 Å². The van der Waals surface area contributed by atoms with Gasteiger partial charge in [-0.2, -0.15) is 0 Å². The fourth-order valence-electron chi connectivity index (χ4n) is 2.11. The second kappa shape index (κ2) is 15.0. The van der Waals surface area contributed by atoms with Crippen molar-refractivity contribution < 1.29 is 19.1 Å². The van der Waals surface area contributed by atoms with E-state index in [1.807, 2.05) is 20.8 Å². The molecule has 1 heterocycles. The Hall–Kier alpha value is -1.88. The number of nitrogens with two attached hydrogens (primary N) is 1. The first-order valence-electron chi connectivity index (χ1n) is 9.76. The summed E-state index contributed by atoms with van der Waals surface area (Å²) in [4.78, 5) is 24.8. The van der Waals surface area contributed by atoms with E-state index in [2.05, 4.69) is 28.5 Å². The highest BCUT2D eigenvalue weighted by molar-refractivity contribution is 7.15. The third kappa shape index (κ3) is 13.9. The molecule has 0 atom stereocenters. The molecule has 0 aliphatic carbocycles. The van der Waals surface area contributed by atoms with Crippen LogP contribution in [-0.4, -0.2) is 58.1 Å². The molecule has 0 aliphatic heterocycles. The highest BCUT2D eigenvalue weighted by Gasteiger charge is 2.14. The molecule has 1 aromatic rings. The summed E-state index contributed by atoms with van der Waals surface area (Å²) in [5.74, 6) is 5.68. The van der Waals surface area contributed by atoms with Crippen LogP contribution in [0.25, 0.3) is 0 Å². The number of anilines is 1. The summed E-state index contributed by atoms with van der Waals surface area (Å²) in [6, 6.07) is 1.70. The number of hydrogen-bond acceptors (Lipinski definition) is 7. The molecular formula is C22H36N2O4S. The maximum atomic E-state index is 11.3. The van der Waals surface area contributed by atoms with Crippen molar-refractivity contribution in [2.45, 2.75) is 46.5 Å². The zero-order valence-corrected chi connectivity index (χ0v) is 19.5. The number of unbranched alkanes of at least 4 members (excludes halogenated alkanes) is 3. The number of nitrogen functional groups attached to an aromatic ring is 1. The first-order chi connectivity index (χ1) is 13.6. The first kappa shape index (κ1) is 27.1. The smallest absolute Gasteiger partial charge is 0.350 e. The standard InChI is InChI=1S/C12H15NO2S.C10H21NO2/c1-12(2,3)6-5-8-7-9(13)10(16-8)11(14)15-4;1-11(8-10-13-2)7-5-3-4-6-9-12/h7H,13H2,1-4H3;9H,3-8,10H2,1-2H3. The molecule has 0 radical (unpaired) electrons. The predicted octanol–water partition coefficient (Wildman–Crippen LogP) is 3.84. The van der Waals surface area contributed by atoms with Crippen LogP contribution in [0.5, 0.6) is 0 Å². The number of carbonyl (C=O) groups excluding carboxylic acids is 2. The maximum Gasteiger partial charge on any atom is 0.350 e. The molecular weight excluding hydrogens is 388 g/mol. The van der Waals surface area contributed by atoms with Gasteiger partial charge in [-0.15, -0.1) is 11.3 Å². The Morgan fingerprint density at radius 3 is 2.48 bits per heavy atom. The number of carbonyl (C=O) groups is 2. The molecule has 0 spiro atoms. The maximum absolute atomic E-state index is 11.3. The molecule has 7 heteroatoms. The van der Waals surface area contributed by atoms with Gasteiger partial charge >= 0.3 is 5.97 Å². The van der Waals surface area contributed by atoms with E-state index in [1.54, 1.807) is 13.2 Å². The lowest BCUT2D eigenvalue weighted by atomic mass is 9.98. The van der Waals surface area contributed by atoms with E-state index in [-0.39, 0.29) is 5.41 Å². The van der Waals surface area contributed by atoms with E-state index >= 15 is 0 Å². The zero-order valence-electron chi connectivity index (χ0n) is 18.7. The van der Waals surface area contributed by atoms with Gasteiger partial charge in [0.2, 0.25) is 0 Å². The molecule has 6 nitrogen and oxygen atoms in total. The number of nitrogens with zero attached hydrogens (tertiary/aromatic N) is 1. The summed E-state index contributed by atoms with van der Waals surface area (Å²) in [5, 5.41) is 0. The van der Waals surface area contributed by atoms with Crippen LogP contribution in [0, 0.1) is 17.3 Å². The molecule has 0 unspecified atom stereocenters. The van der Waals surface area contributed by atoms with E-state index < -0.39 is 5.97 Å². The first-order valence-corrected chi connectivity index (χ1v) is 10.6. The predicted molar refractivity (Wildman–Crippen MR) is 120 cm³/mol. The van der Waals surface area contributed by atoms with Gasteiger partial charge in [0, 0.05) is 25.5 Å². The Labute approximate surface area is 179 Å². The van der Waals surface area contributed by atoms with Crippen LogP contribution in [0.2, 0.25) is 0 Å². The summed E-state index contributed by atoms with van der Waals surface area (Å²) < 4.78 is 9.59. The molecule has 0 fully saturated rings. The molecule has 0 amide bonds. The van der Waals surface area contributed by atoms with Gasteiger partial charge in [-0.1, -0.05) is 18.3 Å². The normalized spacial score (nSPS) is 10.6. The molecule has 0 bridgehead atoms. The summed E-state index contributed by atoms with van der Waals surface area (Å²) in [6.45, 7) is 8.96. The highest BCUT2D eigenvalue weighted by atomic mass is 32.1. The van der Waals surface area contributed by atoms with Gasteiger partial charge in [-0.05, 0) is 53.3 Å². The fraction of sp³-hybridized carbons (Fsp3) is 0.636. The Morgan fingerprint density at radius 2 is 1.93 bits per heavy atom. The highest BCUT2D eigenvalue weighted by Crippen LogP contribution is 2.25. The zero-order chi connectivity index (χ0) is 22.3. The second-order valence-electron chi connectivity index (χ2n) is 7.70. The van der Waals surface area contributed by atoms with E-state index in [0.717, 1.165) is 43.7 Å². The topological polar surface area (TPSA) is 81.9 Å². The lowest BCUT2D eigenvalue weighted by molar-refractivity contribution is -0.107. The van der Waals surface area contributed by atoms with Crippen LogP contribution < -0.4 is 5.73 Å². The van der Waals surface area contributed by atoms with Gasteiger partial charge in [-0.25, -0.2) is 4.79 Å². The lowest BCUT2D eigenvalue weighted by Gasteiger charge is -2.15. The van der Waals surface area contributed by atoms with E-state index in [9.17, 15) is 9.59 Å². The Bertz CT molecular complexity index is 669. The Balaban J connectivity index is 0.000000555. The monoisotopic (exact) mass is 424 g/mol. The minimum Gasteiger partial charge on any atom is -0.465 e. The van der Waals surface area contributed by atoms with Crippen molar-refractivity contribution in [1.29, 1.82) is 0 Å². The van der Waals surface area contributed by atoms with Crippen molar-refractivity contribution in [3.05, 3.63) is 15.8 Å². The van der Waals surface area contributed by atoms with E-state index in [0.29, 0.717) is 17.0 Å². The van der Waals surface area contributed by atoms with E-state index in [1.165, 1.54) is 24.9 Å². The Kier molecular flexibility index (Phi) is 14.1. The molecule has 0 aromatic carbocycles. The molecule has 29 heavy (non-hydrogen) atoms. The van der Waals surface area contributed by atoms with Gasteiger partial charge in [0.1, 0.15) is 11.2 Å². The summed E-state index contributed by atoms with van der Waals surface area (Å²) in [5.41, 5.74) is 6.06. The van der Waals surface area contributed by atoms with Crippen molar-refractivity contribution in [2.75, 3.05) is 46.7 Å². The number of esters is 1. The fourth-order valence-corrected chi connectivity index (χ4v) is 2.96. The minimum absolute atomic E-state index is 0.0653. The molecule has 1 rings (SSSR count). The molecule has 2 N–H and O–H groups in total. The summed E-state index contributed by atoms with van der Waals surface area (Å²) in [6.07, 6.45) is 5.06. The van der Waals surface area contributed by atoms with Crippen LogP contribution >= 0.6 is 11.3 Å². The SMILES string of the molecule is COC(=O)c1sc(C#CC(C)(C)C)cc1N.COCCN(C)CCCCCC=O. The van der Waals surface area contributed by atoms with Crippen LogP contribution in [0.1, 0.15) is 61.0 Å². The number of likely N-dealkylation sites (N-methyl/N-ethyl adjacent to an activating group) is 1. The third-order valence-electron chi connectivity index (χ3n) is 3.73. The quantitative estimate of drug-likeness (QED) is 0.266. The summed E-state index contributed by atoms with van der Waals surface area (Å²) >= 11 is 1.26. The van der Waals surface area contributed by atoms with Crippen LogP contribution in [0.4, 0.5) is 5.69 Å². The molecule has 0 aliphatic rings. The molecule has 0 saturated heterocycles. The number of aldehydes is 1.